The molecule has 1 N–H and O–H groups in total. The average Bonchev–Trinajstić information content (AvgIpc) is 2.58. The standard InChI is InChI=1S/C9H10ClNO.ClH/c10-8-3-1-7(2-4-8)9-11-5-6-12-9;/h1-4,9,11H,5-6H2;1H. The van der Waals surface area contributed by atoms with E-state index in [2.05, 4.69) is 5.32 Å². The van der Waals surface area contributed by atoms with E-state index in [1.165, 1.54) is 0 Å². The third-order valence-corrected chi connectivity index (χ3v) is 2.14. The Bertz CT molecular complexity index is 257. The van der Waals surface area contributed by atoms with Crippen LogP contribution in [0.15, 0.2) is 24.3 Å². The van der Waals surface area contributed by atoms with Gasteiger partial charge in [-0.05, 0) is 17.7 Å². The van der Waals surface area contributed by atoms with Gasteiger partial charge < -0.3 is 4.74 Å². The van der Waals surface area contributed by atoms with Crippen LogP contribution in [-0.2, 0) is 4.74 Å². The average molecular weight is 220 g/mol. The number of hydrogen-bond acceptors (Lipinski definition) is 2. The van der Waals surface area contributed by atoms with Gasteiger partial charge in [0.05, 0.1) is 6.61 Å². The number of ether oxygens (including phenoxy) is 1. The van der Waals surface area contributed by atoms with Crippen LogP contribution in [0.4, 0.5) is 0 Å². The lowest BCUT2D eigenvalue weighted by Crippen LogP contribution is -2.13. The second kappa shape index (κ2) is 4.82. The first kappa shape index (κ1) is 10.8. The van der Waals surface area contributed by atoms with Crippen molar-refractivity contribution in [2.75, 3.05) is 13.2 Å². The van der Waals surface area contributed by atoms with Crippen LogP contribution in [0.2, 0.25) is 5.02 Å². The summed E-state index contributed by atoms with van der Waals surface area (Å²) < 4.78 is 5.42. The highest BCUT2D eigenvalue weighted by Crippen LogP contribution is 2.19. The topological polar surface area (TPSA) is 21.3 Å². The lowest BCUT2D eigenvalue weighted by atomic mass is 10.2. The molecule has 2 nitrogen and oxygen atoms in total. The second-order valence-corrected chi connectivity index (χ2v) is 3.19. The third-order valence-electron chi connectivity index (χ3n) is 1.89. The Labute approximate surface area is 88.6 Å². The zero-order valence-corrected chi connectivity index (χ0v) is 8.57. The van der Waals surface area contributed by atoms with Gasteiger partial charge in [0.2, 0.25) is 0 Å². The molecule has 1 aromatic rings. The minimum atomic E-state index is 0. The van der Waals surface area contributed by atoms with Crippen molar-refractivity contribution < 1.29 is 4.74 Å². The van der Waals surface area contributed by atoms with E-state index < -0.39 is 0 Å². The highest BCUT2D eigenvalue weighted by molar-refractivity contribution is 6.30. The van der Waals surface area contributed by atoms with Crippen LogP contribution in [0.25, 0.3) is 0 Å². The molecule has 1 unspecified atom stereocenters. The number of benzene rings is 1. The summed E-state index contributed by atoms with van der Waals surface area (Å²) in [6, 6.07) is 7.71. The second-order valence-electron chi connectivity index (χ2n) is 2.76. The number of rotatable bonds is 1. The quantitative estimate of drug-likeness (QED) is 0.784. The van der Waals surface area contributed by atoms with Crippen molar-refractivity contribution in [1.82, 2.24) is 5.32 Å². The van der Waals surface area contributed by atoms with Gasteiger partial charge in [-0.2, -0.15) is 0 Å². The van der Waals surface area contributed by atoms with Crippen molar-refractivity contribution in [3.8, 4) is 0 Å². The van der Waals surface area contributed by atoms with Crippen LogP contribution in [-0.4, -0.2) is 13.2 Å². The van der Waals surface area contributed by atoms with Gasteiger partial charge >= 0.3 is 0 Å². The largest absolute Gasteiger partial charge is 0.358 e. The lowest BCUT2D eigenvalue weighted by molar-refractivity contribution is 0.102. The van der Waals surface area contributed by atoms with Crippen LogP contribution >= 0.6 is 24.0 Å². The summed E-state index contributed by atoms with van der Waals surface area (Å²) in [6.07, 6.45) is 0.0577. The minimum Gasteiger partial charge on any atom is -0.358 e. The molecule has 0 saturated carbocycles. The molecule has 0 radical (unpaired) electrons. The lowest BCUT2D eigenvalue weighted by Gasteiger charge is -2.09. The van der Waals surface area contributed by atoms with Crippen LogP contribution < -0.4 is 5.32 Å². The molecule has 4 heteroatoms. The molecule has 1 aliphatic heterocycles. The van der Waals surface area contributed by atoms with Gasteiger partial charge in [-0.3, -0.25) is 5.32 Å². The summed E-state index contributed by atoms with van der Waals surface area (Å²) in [5.41, 5.74) is 1.14. The summed E-state index contributed by atoms with van der Waals surface area (Å²) in [5, 5.41) is 3.99. The molecule has 1 saturated heterocycles. The third kappa shape index (κ3) is 2.58. The molecule has 1 fully saturated rings. The summed E-state index contributed by atoms with van der Waals surface area (Å²) in [4.78, 5) is 0. The Kier molecular flexibility index (Phi) is 4.00. The summed E-state index contributed by atoms with van der Waals surface area (Å²) >= 11 is 5.76. The fraction of sp³-hybridized carbons (Fsp3) is 0.333. The molecular weight excluding hydrogens is 209 g/mol. The fourth-order valence-corrected chi connectivity index (χ4v) is 1.40. The first-order chi connectivity index (χ1) is 5.86. The van der Waals surface area contributed by atoms with Crippen molar-refractivity contribution in [1.29, 1.82) is 0 Å². The Morgan fingerprint density at radius 3 is 2.54 bits per heavy atom. The molecule has 0 aromatic heterocycles. The molecule has 0 bridgehead atoms. The minimum absolute atomic E-state index is 0. The molecule has 0 spiro atoms. The highest BCUT2D eigenvalue weighted by Gasteiger charge is 2.15. The van der Waals surface area contributed by atoms with E-state index >= 15 is 0 Å². The summed E-state index contributed by atoms with van der Waals surface area (Å²) in [5.74, 6) is 0. The van der Waals surface area contributed by atoms with Crippen molar-refractivity contribution in [2.24, 2.45) is 0 Å². The van der Waals surface area contributed by atoms with Crippen molar-refractivity contribution in [3.05, 3.63) is 34.9 Å². The van der Waals surface area contributed by atoms with Crippen molar-refractivity contribution in [2.45, 2.75) is 6.23 Å². The van der Waals surface area contributed by atoms with E-state index in [0.29, 0.717) is 0 Å². The highest BCUT2D eigenvalue weighted by atomic mass is 35.5. The molecule has 0 amide bonds. The maximum absolute atomic E-state index is 5.76. The zero-order valence-electron chi connectivity index (χ0n) is 7.00. The monoisotopic (exact) mass is 219 g/mol. The zero-order chi connectivity index (χ0) is 8.39. The number of halogens is 2. The normalized spacial score (nSPS) is 21.2. The van der Waals surface area contributed by atoms with E-state index in [-0.39, 0.29) is 18.6 Å². The first-order valence-electron chi connectivity index (χ1n) is 3.97. The van der Waals surface area contributed by atoms with E-state index in [4.69, 9.17) is 16.3 Å². The molecule has 1 aliphatic rings. The van der Waals surface area contributed by atoms with Crippen molar-refractivity contribution >= 4 is 24.0 Å². The van der Waals surface area contributed by atoms with Gasteiger partial charge in [-0.25, -0.2) is 0 Å². The van der Waals surface area contributed by atoms with Crippen LogP contribution in [0.1, 0.15) is 11.8 Å². The molecular formula is C9H11Cl2NO. The fourth-order valence-electron chi connectivity index (χ4n) is 1.28. The van der Waals surface area contributed by atoms with E-state index in [0.717, 1.165) is 23.7 Å². The predicted molar refractivity (Wildman–Crippen MR) is 55.4 cm³/mol. The molecule has 13 heavy (non-hydrogen) atoms. The van der Waals surface area contributed by atoms with Gasteiger partial charge in [-0.15, -0.1) is 12.4 Å². The van der Waals surface area contributed by atoms with Crippen molar-refractivity contribution in [3.63, 3.8) is 0 Å². The van der Waals surface area contributed by atoms with E-state index in [1.54, 1.807) is 0 Å². The Morgan fingerprint density at radius 1 is 1.31 bits per heavy atom. The molecule has 1 atom stereocenters. The van der Waals surface area contributed by atoms with E-state index in [1.807, 2.05) is 24.3 Å². The maximum Gasteiger partial charge on any atom is 0.134 e. The molecule has 0 aliphatic carbocycles. The van der Waals surface area contributed by atoms with Crippen LogP contribution in [0.3, 0.4) is 0 Å². The van der Waals surface area contributed by atoms with Gasteiger partial charge in [-0.1, -0.05) is 23.7 Å². The molecule has 1 aromatic carbocycles. The van der Waals surface area contributed by atoms with Gasteiger partial charge in [0.25, 0.3) is 0 Å². The number of hydrogen-bond donors (Lipinski definition) is 1. The smallest absolute Gasteiger partial charge is 0.134 e. The Hall–Kier alpha value is -0.280. The van der Waals surface area contributed by atoms with Crippen LogP contribution in [0.5, 0.6) is 0 Å². The summed E-state index contributed by atoms with van der Waals surface area (Å²) in [6.45, 7) is 1.71. The molecule has 2 rings (SSSR count). The predicted octanol–water partition coefficient (Wildman–Crippen LogP) is 2.38. The van der Waals surface area contributed by atoms with E-state index in [9.17, 15) is 0 Å². The number of nitrogens with one attached hydrogen (secondary N) is 1. The van der Waals surface area contributed by atoms with Crippen LogP contribution in [0, 0.1) is 0 Å². The summed E-state index contributed by atoms with van der Waals surface area (Å²) in [7, 11) is 0. The Morgan fingerprint density at radius 2 is 2.00 bits per heavy atom. The van der Waals surface area contributed by atoms with Gasteiger partial charge in [0.1, 0.15) is 6.23 Å². The SMILES string of the molecule is Cl.Clc1ccc(C2NCCO2)cc1. The van der Waals surface area contributed by atoms with Gasteiger partial charge in [0.15, 0.2) is 0 Å². The molecule has 1 heterocycles. The maximum atomic E-state index is 5.76. The Balaban J connectivity index is 0.000000845. The first-order valence-corrected chi connectivity index (χ1v) is 4.34. The van der Waals surface area contributed by atoms with Gasteiger partial charge in [0, 0.05) is 11.6 Å². The molecule has 72 valence electrons.